The summed E-state index contributed by atoms with van der Waals surface area (Å²) in [6.07, 6.45) is 2.24. The molecule has 0 aromatic heterocycles. The van der Waals surface area contributed by atoms with Gasteiger partial charge >= 0.3 is 0 Å². The highest BCUT2D eigenvalue weighted by Gasteiger charge is 2.11. The standard InChI is InChI=1S/C9H8S2/c1-2-4-8(5-3-1)9-6-7-10-11-9/h1-7,9H. The normalized spacial score (nSPS) is 22.4. The molecule has 1 aromatic rings. The first-order valence-electron chi connectivity index (χ1n) is 3.50. The SMILES string of the molecule is C1=CC(c2ccccc2)SS1. The molecule has 1 aromatic carbocycles. The van der Waals surface area contributed by atoms with E-state index < -0.39 is 0 Å². The van der Waals surface area contributed by atoms with Crippen molar-refractivity contribution in [2.24, 2.45) is 0 Å². The minimum atomic E-state index is 0.571. The highest BCUT2D eigenvalue weighted by Crippen LogP contribution is 2.45. The number of benzene rings is 1. The monoisotopic (exact) mass is 180 g/mol. The predicted octanol–water partition coefficient (Wildman–Crippen LogP) is 3.64. The lowest BCUT2D eigenvalue weighted by Crippen LogP contribution is -1.83. The van der Waals surface area contributed by atoms with Gasteiger partial charge in [-0.15, -0.1) is 0 Å². The van der Waals surface area contributed by atoms with E-state index >= 15 is 0 Å². The number of hydrogen-bond acceptors (Lipinski definition) is 2. The minimum absolute atomic E-state index is 0.571. The molecule has 1 atom stereocenters. The van der Waals surface area contributed by atoms with Crippen molar-refractivity contribution in [1.29, 1.82) is 0 Å². The summed E-state index contributed by atoms with van der Waals surface area (Å²) in [4.78, 5) is 0. The third-order valence-electron chi connectivity index (χ3n) is 1.60. The van der Waals surface area contributed by atoms with Gasteiger partial charge in [0.15, 0.2) is 0 Å². The summed E-state index contributed by atoms with van der Waals surface area (Å²) in [5, 5.41) is 2.73. The highest BCUT2D eigenvalue weighted by atomic mass is 33.1. The summed E-state index contributed by atoms with van der Waals surface area (Å²) in [6, 6.07) is 10.6. The van der Waals surface area contributed by atoms with Crippen molar-refractivity contribution in [2.45, 2.75) is 5.25 Å². The van der Waals surface area contributed by atoms with Crippen molar-refractivity contribution in [3.63, 3.8) is 0 Å². The van der Waals surface area contributed by atoms with Gasteiger partial charge in [0, 0.05) is 0 Å². The molecule has 0 spiro atoms. The molecule has 2 heteroatoms. The van der Waals surface area contributed by atoms with E-state index in [2.05, 4.69) is 41.8 Å². The maximum atomic E-state index is 2.24. The van der Waals surface area contributed by atoms with Crippen molar-refractivity contribution in [2.75, 3.05) is 0 Å². The lowest BCUT2D eigenvalue weighted by Gasteiger charge is -2.04. The molecule has 0 saturated carbocycles. The molecule has 2 rings (SSSR count). The van der Waals surface area contributed by atoms with Crippen LogP contribution in [0.2, 0.25) is 0 Å². The van der Waals surface area contributed by atoms with Gasteiger partial charge in [-0.25, -0.2) is 0 Å². The molecular weight excluding hydrogens is 172 g/mol. The van der Waals surface area contributed by atoms with Gasteiger partial charge < -0.3 is 0 Å². The van der Waals surface area contributed by atoms with E-state index in [1.54, 1.807) is 0 Å². The Morgan fingerprint density at radius 3 is 2.55 bits per heavy atom. The van der Waals surface area contributed by atoms with E-state index in [0.717, 1.165) is 0 Å². The Balaban J connectivity index is 2.23. The Bertz CT molecular complexity index is 254. The number of hydrogen-bond donors (Lipinski definition) is 0. The Morgan fingerprint density at radius 2 is 1.91 bits per heavy atom. The van der Waals surface area contributed by atoms with E-state index in [0.29, 0.717) is 5.25 Å². The van der Waals surface area contributed by atoms with Crippen LogP contribution in [0.25, 0.3) is 0 Å². The molecule has 1 aliphatic rings. The maximum absolute atomic E-state index is 2.24. The van der Waals surface area contributed by atoms with Crippen LogP contribution in [0.5, 0.6) is 0 Å². The van der Waals surface area contributed by atoms with Gasteiger partial charge in [0.05, 0.1) is 5.25 Å². The van der Waals surface area contributed by atoms with Crippen LogP contribution in [0.1, 0.15) is 10.8 Å². The molecule has 0 aliphatic carbocycles. The molecule has 0 N–H and O–H groups in total. The first kappa shape index (κ1) is 7.32. The second-order valence-electron chi connectivity index (χ2n) is 2.35. The fourth-order valence-corrected chi connectivity index (χ4v) is 3.22. The molecule has 1 heterocycles. The molecular formula is C9H8S2. The van der Waals surface area contributed by atoms with Crippen LogP contribution in [0.15, 0.2) is 41.8 Å². The fraction of sp³-hybridized carbons (Fsp3) is 0.111. The zero-order valence-electron chi connectivity index (χ0n) is 5.94. The van der Waals surface area contributed by atoms with Crippen LogP contribution in [-0.4, -0.2) is 0 Å². The third-order valence-corrected chi connectivity index (χ3v) is 3.90. The topological polar surface area (TPSA) is 0 Å². The van der Waals surface area contributed by atoms with Crippen molar-refractivity contribution in [3.8, 4) is 0 Å². The first-order chi connectivity index (χ1) is 5.47. The molecule has 1 unspecified atom stereocenters. The van der Waals surface area contributed by atoms with Crippen LogP contribution in [0.4, 0.5) is 0 Å². The van der Waals surface area contributed by atoms with E-state index in [1.807, 2.05) is 21.6 Å². The second-order valence-corrected chi connectivity index (χ2v) is 4.67. The van der Waals surface area contributed by atoms with Crippen molar-refractivity contribution >= 4 is 21.6 Å². The Morgan fingerprint density at radius 1 is 1.09 bits per heavy atom. The number of rotatable bonds is 1. The quantitative estimate of drug-likeness (QED) is 0.605. The predicted molar refractivity (Wildman–Crippen MR) is 53.5 cm³/mol. The van der Waals surface area contributed by atoms with E-state index in [-0.39, 0.29) is 0 Å². The average Bonchev–Trinajstić information content (AvgIpc) is 2.58. The average molecular weight is 180 g/mol. The van der Waals surface area contributed by atoms with Crippen LogP contribution in [0.3, 0.4) is 0 Å². The first-order valence-corrected chi connectivity index (χ1v) is 5.78. The minimum Gasteiger partial charge on any atom is -0.0770 e. The van der Waals surface area contributed by atoms with Gasteiger partial charge in [-0.1, -0.05) is 58.0 Å². The molecule has 0 bridgehead atoms. The maximum Gasteiger partial charge on any atom is 0.0592 e. The van der Waals surface area contributed by atoms with Crippen molar-refractivity contribution < 1.29 is 0 Å². The van der Waals surface area contributed by atoms with E-state index in [9.17, 15) is 0 Å². The Labute approximate surface area is 74.5 Å². The Hall–Kier alpha value is -0.340. The third kappa shape index (κ3) is 1.63. The largest absolute Gasteiger partial charge is 0.0770 e. The molecule has 0 radical (unpaired) electrons. The molecule has 11 heavy (non-hydrogen) atoms. The summed E-state index contributed by atoms with van der Waals surface area (Å²) in [5.41, 5.74) is 1.40. The van der Waals surface area contributed by atoms with Crippen LogP contribution in [-0.2, 0) is 0 Å². The fourth-order valence-electron chi connectivity index (χ4n) is 1.04. The van der Waals surface area contributed by atoms with Gasteiger partial charge in [-0.05, 0) is 11.0 Å². The van der Waals surface area contributed by atoms with Gasteiger partial charge in [0.25, 0.3) is 0 Å². The molecule has 0 amide bonds. The van der Waals surface area contributed by atoms with Gasteiger partial charge in [-0.2, -0.15) is 0 Å². The molecule has 0 saturated heterocycles. The summed E-state index contributed by atoms with van der Waals surface area (Å²) >= 11 is 0. The van der Waals surface area contributed by atoms with Crippen LogP contribution >= 0.6 is 21.6 Å². The van der Waals surface area contributed by atoms with Crippen LogP contribution in [0, 0.1) is 0 Å². The second kappa shape index (κ2) is 3.37. The van der Waals surface area contributed by atoms with Crippen LogP contribution < -0.4 is 0 Å². The zero-order chi connectivity index (χ0) is 7.52. The highest BCUT2D eigenvalue weighted by molar-refractivity contribution is 8.78. The summed E-state index contributed by atoms with van der Waals surface area (Å²) in [5.74, 6) is 0. The molecule has 0 nitrogen and oxygen atoms in total. The zero-order valence-corrected chi connectivity index (χ0v) is 7.57. The summed E-state index contributed by atoms with van der Waals surface area (Å²) in [6.45, 7) is 0. The van der Waals surface area contributed by atoms with Crippen molar-refractivity contribution in [1.82, 2.24) is 0 Å². The van der Waals surface area contributed by atoms with E-state index in [1.165, 1.54) is 5.56 Å². The Kier molecular flexibility index (Phi) is 2.24. The van der Waals surface area contributed by atoms with Gasteiger partial charge in [0.2, 0.25) is 0 Å². The van der Waals surface area contributed by atoms with Crippen molar-refractivity contribution in [3.05, 3.63) is 47.4 Å². The smallest absolute Gasteiger partial charge is 0.0592 e. The lowest BCUT2D eigenvalue weighted by atomic mass is 10.1. The molecule has 0 fully saturated rings. The molecule has 1 aliphatic heterocycles. The van der Waals surface area contributed by atoms with Gasteiger partial charge in [0.1, 0.15) is 0 Å². The van der Waals surface area contributed by atoms with E-state index in [4.69, 9.17) is 0 Å². The summed E-state index contributed by atoms with van der Waals surface area (Å²) < 4.78 is 0. The molecule has 56 valence electrons. The lowest BCUT2D eigenvalue weighted by molar-refractivity contribution is 1.25. The van der Waals surface area contributed by atoms with Gasteiger partial charge in [-0.3, -0.25) is 0 Å². The summed E-state index contributed by atoms with van der Waals surface area (Å²) in [7, 11) is 3.71.